The Balaban J connectivity index is 1.46. The molecule has 1 N–H and O–H groups in total. The van der Waals surface area contributed by atoms with Gasteiger partial charge in [0.05, 0.1) is 20.3 Å². The highest BCUT2D eigenvalue weighted by Gasteiger charge is 2.24. The fourth-order valence-corrected chi connectivity index (χ4v) is 3.98. The lowest BCUT2D eigenvalue weighted by Gasteiger charge is -2.32. The second kappa shape index (κ2) is 8.94. The topological polar surface area (TPSA) is 50.8 Å². The van der Waals surface area contributed by atoms with E-state index in [1.54, 1.807) is 18.4 Å². The molecule has 0 saturated carbocycles. The number of methoxy groups -OCH3 is 1. The quantitative estimate of drug-likeness (QED) is 0.829. The number of likely N-dealkylation sites (tertiary alicyclic amines) is 1. The maximum absolute atomic E-state index is 12.4. The van der Waals surface area contributed by atoms with E-state index in [0.29, 0.717) is 19.1 Å². The third-order valence-corrected chi connectivity index (χ3v) is 5.54. The summed E-state index contributed by atoms with van der Waals surface area (Å²) in [5, 5.41) is 3.03. The first-order chi connectivity index (χ1) is 12.6. The summed E-state index contributed by atoms with van der Waals surface area (Å²) < 4.78 is 11.1. The number of urea groups is 1. The Morgan fingerprint density at radius 1 is 1.31 bits per heavy atom. The lowest BCUT2D eigenvalue weighted by molar-refractivity contribution is 0.137. The van der Waals surface area contributed by atoms with Crippen molar-refractivity contribution in [3.8, 4) is 11.5 Å². The summed E-state index contributed by atoms with van der Waals surface area (Å²) in [7, 11) is 1.65. The lowest BCUT2D eigenvalue weighted by Crippen LogP contribution is -2.46. The number of hydrogen-bond acceptors (Lipinski definition) is 4. The molecule has 140 valence electrons. The molecular formula is C20H26N2O3S. The average Bonchev–Trinajstić information content (AvgIpc) is 3.10. The monoisotopic (exact) mass is 374 g/mol. The Kier molecular flexibility index (Phi) is 6.39. The molecule has 1 aromatic heterocycles. The molecule has 1 aromatic carbocycles. The van der Waals surface area contributed by atoms with Gasteiger partial charge in [-0.15, -0.1) is 11.3 Å². The minimum Gasteiger partial charge on any atom is -0.497 e. The van der Waals surface area contributed by atoms with Crippen LogP contribution >= 0.6 is 11.3 Å². The van der Waals surface area contributed by atoms with E-state index < -0.39 is 0 Å². The molecule has 2 amide bonds. The Morgan fingerprint density at radius 2 is 2.15 bits per heavy atom. The molecule has 0 radical (unpaired) electrons. The van der Waals surface area contributed by atoms with Crippen LogP contribution in [0.1, 0.15) is 22.6 Å². The third kappa shape index (κ3) is 5.14. The number of piperidine rings is 1. The molecule has 1 fully saturated rings. The summed E-state index contributed by atoms with van der Waals surface area (Å²) in [4.78, 5) is 16.8. The first kappa shape index (κ1) is 18.6. The number of rotatable bonds is 6. The van der Waals surface area contributed by atoms with E-state index in [9.17, 15) is 4.79 Å². The molecule has 1 atom stereocenters. The molecule has 1 saturated heterocycles. The summed E-state index contributed by atoms with van der Waals surface area (Å²) in [5.74, 6) is 1.94. The number of ether oxygens (including phenoxy) is 2. The van der Waals surface area contributed by atoms with E-state index >= 15 is 0 Å². The number of benzene rings is 1. The number of hydrogen-bond donors (Lipinski definition) is 1. The van der Waals surface area contributed by atoms with Crippen LogP contribution in [0.5, 0.6) is 11.5 Å². The number of thiophene rings is 1. The molecule has 5 nitrogen and oxygen atoms in total. The molecule has 1 aliphatic heterocycles. The van der Waals surface area contributed by atoms with E-state index in [-0.39, 0.29) is 6.03 Å². The van der Waals surface area contributed by atoms with Crippen LogP contribution in [-0.4, -0.2) is 37.7 Å². The van der Waals surface area contributed by atoms with Crippen LogP contribution in [-0.2, 0) is 6.54 Å². The Morgan fingerprint density at radius 3 is 2.92 bits per heavy atom. The number of carbonyl (C=O) groups is 1. The van der Waals surface area contributed by atoms with Crippen molar-refractivity contribution in [3.05, 3.63) is 46.2 Å². The van der Waals surface area contributed by atoms with Crippen LogP contribution in [0.25, 0.3) is 0 Å². The standard InChI is InChI=1S/C20H26N2O3S/c1-15-8-9-19(26-15)12-21-20(23)22-10-4-5-16(13-22)14-25-18-7-3-6-17(11-18)24-2/h3,6-9,11,16H,4-5,10,12-14H2,1-2H3,(H,21,23)/t16-/m1/s1. The zero-order chi connectivity index (χ0) is 18.4. The van der Waals surface area contributed by atoms with E-state index in [4.69, 9.17) is 9.47 Å². The van der Waals surface area contributed by atoms with Crippen LogP contribution in [0.3, 0.4) is 0 Å². The van der Waals surface area contributed by atoms with Crippen LogP contribution in [0.4, 0.5) is 4.79 Å². The van der Waals surface area contributed by atoms with Gasteiger partial charge in [-0.05, 0) is 44.0 Å². The normalized spacial score (nSPS) is 17.0. The molecule has 0 spiro atoms. The van der Waals surface area contributed by atoms with Crippen molar-refractivity contribution in [3.63, 3.8) is 0 Å². The van der Waals surface area contributed by atoms with Gasteiger partial charge in [0, 0.05) is 34.8 Å². The minimum atomic E-state index is 0.0159. The van der Waals surface area contributed by atoms with E-state index in [2.05, 4.69) is 24.4 Å². The molecule has 3 rings (SSSR count). The van der Waals surface area contributed by atoms with Crippen molar-refractivity contribution in [2.45, 2.75) is 26.3 Å². The van der Waals surface area contributed by atoms with Gasteiger partial charge in [-0.3, -0.25) is 0 Å². The Labute approximate surface area is 158 Å². The summed E-state index contributed by atoms with van der Waals surface area (Å²) in [6.07, 6.45) is 2.09. The van der Waals surface area contributed by atoms with Crippen molar-refractivity contribution in [2.24, 2.45) is 5.92 Å². The van der Waals surface area contributed by atoms with Crippen molar-refractivity contribution < 1.29 is 14.3 Å². The third-order valence-electron chi connectivity index (χ3n) is 4.54. The number of nitrogens with one attached hydrogen (secondary N) is 1. The van der Waals surface area contributed by atoms with Crippen molar-refractivity contribution in [2.75, 3.05) is 26.8 Å². The molecule has 0 aliphatic carbocycles. The molecule has 0 unspecified atom stereocenters. The first-order valence-corrected chi connectivity index (χ1v) is 9.80. The highest BCUT2D eigenvalue weighted by atomic mass is 32.1. The Hall–Kier alpha value is -2.21. The van der Waals surface area contributed by atoms with E-state index in [0.717, 1.165) is 37.4 Å². The summed E-state index contributed by atoms with van der Waals surface area (Å²) >= 11 is 1.72. The summed E-state index contributed by atoms with van der Waals surface area (Å²) in [6.45, 7) is 4.83. The Bertz CT molecular complexity index is 731. The van der Waals surface area contributed by atoms with Crippen LogP contribution in [0, 0.1) is 12.8 Å². The maximum atomic E-state index is 12.4. The predicted octanol–water partition coefficient (Wildman–Crippen LogP) is 4.07. The van der Waals surface area contributed by atoms with Gasteiger partial charge in [-0.2, -0.15) is 0 Å². The van der Waals surface area contributed by atoms with Crippen LogP contribution in [0.15, 0.2) is 36.4 Å². The average molecular weight is 375 g/mol. The second-order valence-electron chi connectivity index (χ2n) is 6.62. The number of amides is 2. The molecule has 0 bridgehead atoms. The van der Waals surface area contributed by atoms with Gasteiger partial charge in [0.1, 0.15) is 11.5 Å². The largest absolute Gasteiger partial charge is 0.497 e. The van der Waals surface area contributed by atoms with Gasteiger partial charge in [0.25, 0.3) is 0 Å². The van der Waals surface area contributed by atoms with Crippen LogP contribution < -0.4 is 14.8 Å². The van der Waals surface area contributed by atoms with Gasteiger partial charge in [0.2, 0.25) is 0 Å². The minimum absolute atomic E-state index is 0.0159. The van der Waals surface area contributed by atoms with Gasteiger partial charge < -0.3 is 19.7 Å². The molecule has 6 heteroatoms. The first-order valence-electron chi connectivity index (χ1n) is 8.99. The molecule has 26 heavy (non-hydrogen) atoms. The van der Waals surface area contributed by atoms with Gasteiger partial charge in [0.15, 0.2) is 0 Å². The highest BCUT2D eigenvalue weighted by Crippen LogP contribution is 2.22. The van der Waals surface area contributed by atoms with Crippen molar-refractivity contribution in [1.29, 1.82) is 0 Å². The lowest BCUT2D eigenvalue weighted by atomic mass is 9.99. The molecular weight excluding hydrogens is 348 g/mol. The fraction of sp³-hybridized carbons (Fsp3) is 0.450. The zero-order valence-electron chi connectivity index (χ0n) is 15.4. The summed E-state index contributed by atoms with van der Waals surface area (Å²) in [6, 6.07) is 11.8. The maximum Gasteiger partial charge on any atom is 0.317 e. The molecule has 2 aromatic rings. The predicted molar refractivity (Wildman–Crippen MR) is 104 cm³/mol. The summed E-state index contributed by atoms with van der Waals surface area (Å²) in [5.41, 5.74) is 0. The smallest absolute Gasteiger partial charge is 0.317 e. The molecule has 2 heterocycles. The van der Waals surface area contributed by atoms with Crippen molar-refractivity contribution in [1.82, 2.24) is 10.2 Å². The SMILES string of the molecule is COc1cccc(OC[C@@H]2CCCN(C(=O)NCc3ccc(C)s3)C2)c1. The van der Waals surface area contributed by atoms with Crippen LogP contribution in [0.2, 0.25) is 0 Å². The fourth-order valence-electron chi connectivity index (χ4n) is 3.15. The molecule has 1 aliphatic rings. The number of aryl methyl sites for hydroxylation is 1. The number of carbonyl (C=O) groups excluding carboxylic acids is 1. The van der Waals surface area contributed by atoms with Crippen molar-refractivity contribution >= 4 is 17.4 Å². The second-order valence-corrected chi connectivity index (χ2v) is 7.99. The zero-order valence-corrected chi connectivity index (χ0v) is 16.2. The highest BCUT2D eigenvalue weighted by molar-refractivity contribution is 7.11. The van der Waals surface area contributed by atoms with Gasteiger partial charge in [-0.25, -0.2) is 4.79 Å². The van der Waals surface area contributed by atoms with Gasteiger partial charge in [-0.1, -0.05) is 6.07 Å². The van der Waals surface area contributed by atoms with E-state index in [1.165, 1.54) is 9.75 Å². The van der Waals surface area contributed by atoms with E-state index in [1.807, 2.05) is 29.2 Å². The van der Waals surface area contributed by atoms with Gasteiger partial charge >= 0.3 is 6.03 Å². The number of nitrogens with zero attached hydrogens (tertiary/aromatic N) is 1.